The molecule has 0 radical (unpaired) electrons. The van der Waals surface area contributed by atoms with Crippen molar-refractivity contribution in [2.24, 2.45) is 7.05 Å². The molecule has 0 saturated carbocycles. The number of halogens is 1. The van der Waals surface area contributed by atoms with E-state index in [9.17, 15) is 0 Å². The average Bonchev–Trinajstić information content (AvgIpc) is 2.33. The van der Waals surface area contributed by atoms with E-state index < -0.39 is 0 Å². The van der Waals surface area contributed by atoms with Crippen LogP contribution in [0, 0.1) is 0 Å². The van der Waals surface area contributed by atoms with E-state index in [0.29, 0.717) is 5.69 Å². The molecule has 0 unspecified atom stereocenters. The van der Waals surface area contributed by atoms with Crippen molar-refractivity contribution in [2.45, 2.75) is 0 Å². The Balaban J connectivity index is 2.92. The summed E-state index contributed by atoms with van der Waals surface area (Å²) in [5.74, 6) is 0. The number of hydrogen-bond acceptors (Lipinski definition) is 2. The van der Waals surface area contributed by atoms with Crippen molar-refractivity contribution < 1.29 is 0 Å². The molecule has 0 aliphatic rings. The number of imidazole rings is 1. The Labute approximate surface area is 78.3 Å². The third-order valence-corrected chi connectivity index (χ3v) is 2.28. The van der Waals surface area contributed by atoms with Gasteiger partial charge in [0.1, 0.15) is 5.52 Å². The summed E-state index contributed by atoms with van der Waals surface area (Å²) in [7, 11) is 1.95. The average molecular weight is 226 g/mol. The fourth-order valence-corrected chi connectivity index (χ4v) is 1.68. The van der Waals surface area contributed by atoms with Gasteiger partial charge >= 0.3 is 0 Å². The lowest BCUT2D eigenvalue weighted by molar-refractivity contribution is 0.947. The second-order valence-corrected chi connectivity index (χ2v) is 3.63. The van der Waals surface area contributed by atoms with Crippen molar-refractivity contribution in [1.29, 1.82) is 0 Å². The van der Waals surface area contributed by atoms with Crippen molar-refractivity contribution in [3.05, 3.63) is 22.9 Å². The third kappa shape index (κ3) is 0.992. The normalized spacial score (nSPS) is 10.8. The summed E-state index contributed by atoms with van der Waals surface area (Å²) in [6, 6.07) is 3.86. The molecule has 0 amide bonds. The van der Waals surface area contributed by atoms with Crippen LogP contribution < -0.4 is 5.73 Å². The summed E-state index contributed by atoms with van der Waals surface area (Å²) < 4.78 is 2.92. The molecule has 0 bridgehead atoms. The molecule has 62 valence electrons. The second-order valence-electron chi connectivity index (χ2n) is 2.72. The number of aromatic nitrogens is 2. The summed E-state index contributed by atoms with van der Waals surface area (Å²) in [4.78, 5) is 4.18. The van der Waals surface area contributed by atoms with Crippen LogP contribution in [0.3, 0.4) is 0 Å². The Hall–Kier alpha value is -1.03. The molecular weight excluding hydrogens is 218 g/mol. The standard InChI is InChI=1S/C8H8BrN3/c1-12-4-11-8-6(10)2-5(9)3-7(8)12/h2-4H,10H2,1H3. The van der Waals surface area contributed by atoms with Crippen molar-refractivity contribution in [1.82, 2.24) is 9.55 Å². The first-order valence-electron chi connectivity index (χ1n) is 3.54. The Morgan fingerprint density at radius 3 is 3.00 bits per heavy atom. The molecule has 1 aromatic carbocycles. The van der Waals surface area contributed by atoms with Crippen LogP contribution in [-0.2, 0) is 7.05 Å². The van der Waals surface area contributed by atoms with Crippen molar-refractivity contribution >= 4 is 32.7 Å². The first kappa shape index (κ1) is 7.61. The molecular formula is C8H8BrN3. The van der Waals surface area contributed by atoms with Crippen LogP contribution in [0.1, 0.15) is 0 Å². The first-order valence-corrected chi connectivity index (χ1v) is 4.34. The van der Waals surface area contributed by atoms with Crippen LogP contribution in [0.4, 0.5) is 5.69 Å². The number of nitrogen functional groups attached to an aromatic ring is 1. The van der Waals surface area contributed by atoms with Crippen LogP contribution >= 0.6 is 15.9 Å². The number of anilines is 1. The Morgan fingerprint density at radius 2 is 2.25 bits per heavy atom. The molecule has 4 heteroatoms. The number of hydrogen-bond donors (Lipinski definition) is 1. The minimum absolute atomic E-state index is 0.708. The summed E-state index contributed by atoms with van der Waals surface area (Å²) in [5.41, 5.74) is 8.38. The Morgan fingerprint density at radius 1 is 1.50 bits per heavy atom. The Kier molecular flexibility index (Phi) is 1.58. The van der Waals surface area contributed by atoms with Crippen LogP contribution in [-0.4, -0.2) is 9.55 Å². The van der Waals surface area contributed by atoms with Gasteiger partial charge in [0, 0.05) is 11.5 Å². The van der Waals surface area contributed by atoms with Crippen LogP contribution in [0.5, 0.6) is 0 Å². The van der Waals surface area contributed by atoms with Crippen LogP contribution in [0.15, 0.2) is 22.9 Å². The van der Waals surface area contributed by atoms with Crippen molar-refractivity contribution in [2.75, 3.05) is 5.73 Å². The lowest BCUT2D eigenvalue weighted by Crippen LogP contribution is -1.88. The maximum Gasteiger partial charge on any atom is 0.111 e. The van der Waals surface area contributed by atoms with Crippen LogP contribution in [0.25, 0.3) is 11.0 Å². The van der Waals surface area contributed by atoms with Crippen molar-refractivity contribution in [3.63, 3.8) is 0 Å². The zero-order chi connectivity index (χ0) is 8.72. The molecule has 0 atom stereocenters. The lowest BCUT2D eigenvalue weighted by atomic mass is 10.3. The summed E-state index contributed by atoms with van der Waals surface area (Å²) in [6.07, 6.45) is 1.76. The maximum absolute atomic E-state index is 5.76. The van der Waals surface area contributed by atoms with E-state index in [0.717, 1.165) is 15.5 Å². The predicted molar refractivity (Wildman–Crippen MR) is 52.8 cm³/mol. The predicted octanol–water partition coefficient (Wildman–Crippen LogP) is 1.92. The number of nitrogens with two attached hydrogens (primary N) is 1. The van der Waals surface area contributed by atoms with E-state index in [1.165, 1.54) is 0 Å². The summed E-state index contributed by atoms with van der Waals surface area (Å²) in [6.45, 7) is 0. The molecule has 3 nitrogen and oxygen atoms in total. The lowest BCUT2D eigenvalue weighted by Gasteiger charge is -1.98. The van der Waals surface area contributed by atoms with Gasteiger partial charge in [0.25, 0.3) is 0 Å². The molecule has 0 spiro atoms. The van der Waals surface area contributed by atoms with Gasteiger partial charge < -0.3 is 10.3 Å². The van der Waals surface area contributed by atoms with Gasteiger partial charge in [-0.2, -0.15) is 0 Å². The number of aryl methyl sites for hydroxylation is 1. The topological polar surface area (TPSA) is 43.8 Å². The number of benzene rings is 1. The second kappa shape index (κ2) is 2.48. The molecule has 1 aromatic heterocycles. The zero-order valence-electron chi connectivity index (χ0n) is 6.58. The van der Waals surface area contributed by atoms with Gasteiger partial charge in [0.05, 0.1) is 17.5 Å². The molecule has 0 fully saturated rings. The highest BCUT2D eigenvalue weighted by molar-refractivity contribution is 9.10. The highest BCUT2D eigenvalue weighted by atomic mass is 79.9. The third-order valence-electron chi connectivity index (χ3n) is 1.82. The molecule has 0 aliphatic carbocycles. The smallest absolute Gasteiger partial charge is 0.111 e. The van der Waals surface area contributed by atoms with Gasteiger partial charge in [-0.05, 0) is 12.1 Å². The van der Waals surface area contributed by atoms with Crippen molar-refractivity contribution in [3.8, 4) is 0 Å². The first-order chi connectivity index (χ1) is 5.68. The molecule has 2 aromatic rings. The minimum Gasteiger partial charge on any atom is -0.397 e. The van der Waals surface area contributed by atoms with E-state index in [1.54, 1.807) is 6.33 Å². The molecule has 12 heavy (non-hydrogen) atoms. The van der Waals surface area contributed by atoms with E-state index in [1.807, 2.05) is 23.7 Å². The summed E-state index contributed by atoms with van der Waals surface area (Å²) in [5, 5.41) is 0. The fourth-order valence-electron chi connectivity index (χ4n) is 1.22. The van der Waals surface area contributed by atoms with E-state index >= 15 is 0 Å². The number of fused-ring (bicyclic) bond motifs is 1. The van der Waals surface area contributed by atoms with Gasteiger partial charge in [0.15, 0.2) is 0 Å². The van der Waals surface area contributed by atoms with E-state index in [4.69, 9.17) is 5.73 Å². The minimum atomic E-state index is 0.708. The SMILES string of the molecule is Cn1cnc2c(N)cc(Br)cc21. The fraction of sp³-hybridized carbons (Fsp3) is 0.125. The quantitative estimate of drug-likeness (QED) is 0.697. The summed E-state index contributed by atoms with van der Waals surface area (Å²) >= 11 is 3.38. The molecule has 1 heterocycles. The van der Waals surface area contributed by atoms with Crippen LogP contribution in [0.2, 0.25) is 0 Å². The molecule has 0 saturated heterocycles. The maximum atomic E-state index is 5.76. The van der Waals surface area contributed by atoms with Gasteiger partial charge in [-0.25, -0.2) is 4.98 Å². The monoisotopic (exact) mass is 225 g/mol. The Bertz CT molecular complexity index is 433. The number of rotatable bonds is 0. The van der Waals surface area contributed by atoms with E-state index in [2.05, 4.69) is 20.9 Å². The molecule has 2 N–H and O–H groups in total. The van der Waals surface area contributed by atoms with Gasteiger partial charge in [0.2, 0.25) is 0 Å². The highest BCUT2D eigenvalue weighted by Crippen LogP contribution is 2.24. The molecule has 2 rings (SSSR count). The van der Waals surface area contributed by atoms with Gasteiger partial charge in [-0.15, -0.1) is 0 Å². The van der Waals surface area contributed by atoms with Gasteiger partial charge in [-0.1, -0.05) is 15.9 Å². The highest BCUT2D eigenvalue weighted by Gasteiger charge is 2.03. The number of nitrogens with zero attached hydrogens (tertiary/aromatic N) is 2. The van der Waals surface area contributed by atoms with E-state index in [-0.39, 0.29) is 0 Å². The van der Waals surface area contributed by atoms with Gasteiger partial charge in [-0.3, -0.25) is 0 Å². The molecule has 0 aliphatic heterocycles. The zero-order valence-corrected chi connectivity index (χ0v) is 8.17. The largest absolute Gasteiger partial charge is 0.397 e.